The molecule has 1 aromatic carbocycles. The van der Waals surface area contributed by atoms with Gasteiger partial charge in [-0.05, 0) is 37.1 Å². The third-order valence-electron chi connectivity index (χ3n) is 5.99. The van der Waals surface area contributed by atoms with Crippen LogP contribution in [0.1, 0.15) is 30.3 Å². The number of H-pyrrole nitrogens is 1. The number of nitrogens with one attached hydrogen (secondary N) is 1. The number of nitriles is 1. The second-order valence-corrected chi connectivity index (χ2v) is 7.75. The van der Waals surface area contributed by atoms with Crippen molar-refractivity contribution in [2.75, 3.05) is 11.4 Å². The van der Waals surface area contributed by atoms with Crippen molar-refractivity contribution in [2.45, 2.75) is 18.9 Å². The molecule has 1 saturated heterocycles. The largest absolute Gasteiger partial charge is 0.346 e. The molecule has 5 heterocycles. The maximum absolute atomic E-state index is 13.5. The van der Waals surface area contributed by atoms with Crippen LogP contribution in [0.2, 0.25) is 0 Å². The minimum absolute atomic E-state index is 0.166. The van der Waals surface area contributed by atoms with Crippen LogP contribution in [0, 0.1) is 11.3 Å². The highest BCUT2D eigenvalue weighted by Crippen LogP contribution is 2.38. The Morgan fingerprint density at radius 3 is 2.84 bits per heavy atom. The molecule has 1 aliphatic heterocycles. The predicted octanol–water partition coefficient (Wildman–Crippen LogP) is 2.97. The van der Waals surface area contributed by atoms with E-state index in [1.807, 2.05) is 42.5 Å². The minimum Gasteiger partial charge on any atom is -0.346 e. The van der Waals surface area contributed by atoms with E-state index in [1.165, 1.54) is 6.33 Å². The average molecular weight is 422 g/mol. The summed E-state index contributed by atoms with van der Waals surface area (Å²) in [5, 5.41) is 10.3. The van der Waals surface area contributed by atoms with Crippen LogP contribution in [-0.2, 0) is 0 Å². The van der Waals surface area contributed by atoms with Gasteiger partial charge in [0.05, 0.1) is 22.7 Å². The van der Waals surface area contributed by atoms with Crippen molar-refractivity contribution >= 4 is 22.5 Å². The van der Waals surface area contributed by atoms with Crippen LogP contribution < -0.4 is 10.6 Å². The average Bonchev–Trinajstić information content (AvgIpc) is 3.58. The second-order valence-electron chi connectivity index (χ2n) is 7.75. The molecule has 0 radical (unpaired) electrons. The summed E-state index contributed by atoms with van der Waals surface area (Å²) >= 11 is 0. The van der Waals surface area contributed by atoms with E-state index < -0.39 is 0 Å². The fourth-order valence-electron chi connectivity index (χ4n) is 4.58. The molecule has 0 bridgehead atoms. The van der Waals surface area contributed by atoms with Gasteiger partial charge in [0, 0.05) is 18.9 Å². The van der Waals surface area contributed by atoms with Gasteiger partial charge in [-0.2, -0.15) is 5.26 Å². The van der Waals surface area contributed by atoms with Gasteiger partial charge in [0.15, 0.2) is 0 Å². The van der Waals surface area contributed by atoms with E-state index in [1.54, 1.807) is 21.4 Å². The fourth-order valence-corrected chi connectivity index (χ4v) is 4.58. The van der Waals surface area contributed by atoms with Crippen LogP contribution in [-0.4, -0.2) is 35.4 Å². The Morgan fingerprint density at radius 1 is 1.12 bits per heavy atom. The number of nitrogens with zero attached hydrogens (tertiary/aromatic N) is 7. The summed E-state index contributed by atoms with van der Waals surface area (Å²) in [6.07, 6.45) is 6.61. The number of para-hydroxylation sites is 1. The smallest absolute Gasteiger partial charge is 0.339 e. The highest BCUT2D eigenvalue weighted by atomic mass is 16.1. The van der Waals surface area contributed by atoms with E-state index in [0.29, 0.717) is 33.9 Å². The molecule has 0 spiro atoms. The summed E-state index contributed by atoms with van der Waals surface area (Å²) in [4.78, 5) is 32.4. The number of benzene rings is 1. The van der Waals surface area contributed by atoms with Gasteiger partial charge in [-0.15, -0.1) is 0 Å². The normalized spacial score (nSPS) is 16.1. The number of aromatic nitrogens is 6. The molecule has 9 nitrogen and oxygen atoms in total. The van der Waals surface area contributed by atoms with E-state index in [2.05, 4.69) is 25.9 Å². The second kappa shape index (κ2) is 7.06. The van der Waals surface area contributed by atoms with Crippen molar-refractivity contribution in [3.63, 3.8) is 0 Å². The molecule has 1 atom stereocenters. The topological polar surface area (TPSA) is 108 Å². The first-order valence-corrected chi connectivity index (χ1v) is 10.4. The van der Waals surface area contributed by atoms with Gasteiger partial charge in [-0.3, -0.25) is 4.40 Å². The third kappa shape index (κ3) is 2.63. The lowest BCUT2D eigenvalue weighted by Crippen LogP contribution is -2.34. The van der Waals surface area contributed by atoms with E-state index >= 15 is 0 Å². The van der Waals surface area contributed by atoms with E-state index in [0.717, 1.165) is 25.1 Å². The molecule has 5 aromatic rings. The van der Waals surface area contributed by atoms with Crippen molar-refractivity contribution in [3.8, 4) is 11.8 Å². The van der Waals surface area contributed by atoms with E-state index in [4.69, 9.17) is 4.98 Å². The van der Waals surface area contributed by atoms with Crippen molar-refractivity contribution in [1.82, 2.24) is 28.9 Å². The Labute approximate surface area is 182 Å². The van der Waals surface area contributed by atoms with Gasteiger partial charge >= 0.3 is 5.69 Å². The fraction of sp³-hybridized carbons (Fsp3) is 0.174. The summed E-state index contributed by atoms with van der Waals surface area (Å²) in [5.41, 5.74) is 2.32. The summed E-state index contributed by atoms with van der Waals surface area (Å²) in [6, 6.07) is 15.3. The molecule has 4 aromatic heterocycles. The molecule has 6 rings (SSSR count). The molecule has 32 heavy (non-hydrogen) atoms. The molecule has 1 fully saturated rings. The summed E-state index contributed by atoms with van der Waals surface area (Å²) in [5.74, 6) is 1.34. The maximum Gasteiger partial charge on any atom is 0.339 e. The van der Waals surface area contributed by atoms with Crippen LogP contribution in [0.4, 0.5) is 5.82 Å². The van der Waals surface area contributed by atoms with Crippen LogP contribution in [0.5, 0.6) is 0 Å². The Kier molecular flexibility index (Phi) is 4.04. The lowest BCUT2D eigenvalue weighted by atomic mass is 10.1. The molecule has 1 unspecified atom stereocenters. The van der Waals surface area contributed by atoms with Crippen molar-refractivity contribution in [3.05, 3.63) is 83.1 Å². The molecule has 0 aliphatic carbocycles. The van der Waals surface area contributed by atoms with Crippen molar-refractivity contribution < 1.29 is 0 Å². The van der Waals surface area contributed by atoms with Gasteiger partial charge < -0.3 is 9.88 Å². The Hall–Kier alpha value is -4.45. The third-order valence-corrected chi connectivity index (χ3v) is 5.99. The molecular formula is C23H18N8O. The maximum atomic E-state index is 13.5. The van der Waals surface area contributed by atoms with Gasteiger partial charge in [0.25, 0.3) is 0 Å². The number of anilines is 1. The molecule has 0 saturated carbocycles. The van der Waals surface area contributed by atoms with Gasteiger partial charge in [0.2, 0.25) is 0 Å². The number of hydrogen-bond acceptors (Lipinski definition) is 6. The Balaban J connectivity index is 1.59. The van der Waals surface area contributed by atoms with E-state index in [9.17, 15) is 10.1 Å². The molecule has 156 valence electrons. The Morgan fingerprint density at radius 2 is 2.00 bits per heavy atom. The molecular weight excluding hydrogens is 404 g/mol. The van der Waals surface area contributed by atoms with Gasteiger partial charge in [0.1, 0.15) is 35.3 Å². The molecule has 9 heteroatoms. The molecule has 1 aliphatic rings. The highest BCUT2D eigenvalue weighted by Gasteiger charge is 2.33. The lowest BCUT2D eigenvalue weighted by Gasteiger charge is -2.27. The summed E-state index contributed by atoms with van der Waals surface area (Å²) in [7, 11) is 0. The minimum atomic E-state index is -0.178. The van der Waals surface area contributed by atoms with Crippen molar-refractivity contribution in [1.29, 1.82) is 5.26 Å². The van der Waals surface area contributed by atoms with Crippen molar-refractivity contribution in [2.24, 2.45) is 0 Å². The zero-order chi connectivity index (χ0) is 21.7. The van der Waals surface area contributed by atoms with Crippen LogP contribution >= 0.6 is 0 Å². The quantitative estimate of drug-likeness (QED) is 0.479. The van der Waals surface area contributed by atoms with Gasteiger partial charge in [-0.25, -0.2) is 24.3 Å². The number of rotatable bonds is 3. The summed E-state index contributed by atoms with van der Waals surface area (Å²) in [6.45, 7) is 0.740. The Bertz CT molecular complexity index is 1560. The first-order valence-electron chi connectivity index (χ1n) is 10.4. The van der Waals surface area contributed by atoms with Crippen LogP contribution in [0.25, 0.3) is 22.4 Å². The zero-order valence-electron chi connectivity index (χ0n) is 17.0. The predicted molar refractivity (Wildman–Crippen MR) is 119 cm³/mol. The number of fused-ring (bicyclic) bond motifs is 2. The standard InChI is InChI=1S/C23H18N8O/c24-12-15-13-25-20-19(15)22(27-14-26-20)29-10-4-8-17(29)21-28-18-9-5-11-30(18)23(32)31(21)16-6-2-1-3-7-16/h1-3,5-7,9,11,13-14,17H,4,8,10H2,(H,25,26,27). The first-order chi connectivity index (χ1) is 15.8. The number of aromatic amines is 1. The first kappa shape index (κ1) is 18.3. The SMILES string of the molecule is N#Cc1c[nH]c2ncnc(N3CCCC3c3nc4cccn4c(=O)n3-c3ccccc3)c12. The number of hydrogen-bond donors (Lipinski definition) is 1. The van der Waals surface area contributed by atoms with Gasteiger partial charge in [-0.1, -0.05) is 18.2 Å². The lowest BCUT2D eigenvalue weighted by molar-refractivity contribution is 0.617. The highest BCUT2D eigenvalue weighted by molar-refractivity contribution is 5.93. The molecule has 0 amide bonds. The van der Waals surface area contributed by atoms with Crippen LogP contribution in [0.3, 0.4) is 0 Å². The zero-order valence-corrected chi connectivity index (χ0v) is 17.0. The monoisotopic (exact) mass is 422 g/mol. The van der Waals surface area contributed by atoms with Crippen LogP contribution in [0.15, 0.2) is 66.0 Å². The summed E-state index contributed by atoms with van der Waals surface area (Å²) < 4.78 is 3.23. The molecule has 1 N–H and O–H groups in total. The van der Waals surface area contributed by atoms with E-state index in [-0.39, 0.29) is 11.7 Å².